The molecule has 0 unspecified atom stereocenters. The molecule has 29 heavy (non-hydrogen) atoms. The second-order valence-corrected chi connectivity index (χ2v) is 9.01. The summed E-state index contributed by atoms with van der Waals surface area (Å²) in [4.78, 5) is 12.1. The van der Waals surface area contributed by atoms with Crippen LogP contribution in [0.25, 0.3) is 0 Å². The lowest BCUT2D eigenvalue weighted by Gasteiger charge is -2.41. The molecular weight excluding hydrogens is 413 g/mol. The van der Waals surface area contributed by atoms with Gasteiger partial charge in [-0.25, -0.2) is 13.2 Å². The standard InChI is InChI=1S/C19H25F3O6S/c1-13(2)18(8-4-3-5-9-18)28-16-12-14(6-7-15(16)19(20,21)22)17(23)27-10-11-29(24,25)26/h6-7,12-13H,3-5,8-11H2,1-2H3,(H,24,25,26)/p-1. The SMILES string of the molecule is CC(C)C1(Oc2cc(C(=O)OCCS(=O)(=O)[O-])ccc2C(F)(F)F)CCCCC1. The molecule has 6 nitrogen and oxygen atoms in total. The van der Waals surface area contributed by atoms with Crippen LogP contribution in [0.4, 0.5) is 13.2 Å². The number of hydrogen-bond acceptors (Lipinski definition) is 6. The molecule has 0 spiro atoms. The van der Waals surface area contributed by atoms with Gasteiger partial charge in [0.05, 0.1) is 27.0 Å². The van der Waals surface area contributed by atoms with E-state index in [2.05, 4.69) is 0 Å². The van der Waals surface area contributed by atoms with E-state index in [9.17, 15) is 30.9 Å². The highest BCUT2D eigenvalue weighted by atomic mass is 32.2. The van der Waals surface area contributed by atoms with E-state index in [1.54, 1.807) is 0 Å². The smallest absolute Gasteiger partial charge is 0.419 e. The summed E-state index contributed by atoms with van der Waals surface area (Å²) in [5.41, 5.74) is -1.98. The molecule has 0 bridgehead atoms. The molecule has 1 aliphatic carbocycles. The van der Waals surface area contributed by atoms with Crippen molar-refractivity contribution in [2.75, 3.05) is 12.4 Å². The van der Waals surface area contributed by atoms with Gasteiger partial charge in [0.2, 0.25) is 0 Å². The third kappa shape index (κ3) is 6.33. The van der Waals surface area contributed by atoms with Gasteiger partial charge in [-0.15, -0.1) is 0 Å². The van der Waals surface area contributed by atoms with Crippen LogP contribution in [0.3, 0.4) is 0 Å². The van der Waals surface area contributed by atoms with Crippen LogP contribution in [0.15, 0.2) is 18.2 Å². The Kier molecular flexibility index (Phi) is 7.21. The molecule has 0 atom stereocenters. The Morgan fingerprint density at radius 2 is 1.83 bits per heavy atom. The number of carbonyl (C=O) groups is 1. The molecule has 1 aromatic rings. The van der Waals surface area contributed by atoms with Crippen molar-refractivity contribution >= 4 is 16.1 Å². The van der Waals surface area contributed by atoms with E-state index in [4.69, 9.17) is 9.47 Å². The number of halogens is 3. The molecule has 1 fully saturated rings. The molecule has 0 saturated heterocycles. The van der Waals surface area contributed by atoms with Crippen molar-refractivity contribution in [1.82, 2.24) is 0 Å². The highest BCUT2D eigenvalue weighted by Gasteiger charge is 2.41. The van der Waals surface area contributed by atoms with Crippen LogP contribution in [0.1, 0.15) is 61.9 Å². The summed E-state index contributed by atoms with van der Waals surface area (Å²) >= 11 is 0. The van der Waals surface area contributed by atoms with Gasteiger partial charge in [0.15, 0.2) is 0 Å². The molecule has 0 radical (unpaired) electrons. The predicted molar refractivity (Wildman–Crippen MR) is 97.6 cm³/mol. The van der Waals surface area contributed by atoms with E-state index < -0.39 is 51.5 Å². The highest BCUT2D eigenvalue weighted by molar-refractivity contribution is 7.85. The monoisotopic (exact) mass is 437 g/mol. The Morgan fingerprint density at radius 3 is 2.34 bits per heavy atom. The van der Waals surface area contributed by atoms with Crippen molar-refractivity contribution < 1.29 is 40.4 Å². The summed E-state index contributed by atoms with van der Waals surface area (Å²) in [5.74, 6) is -2.45. The van der Waals surface area contributed by atoms with E-state index in [1.807, 2.05) is 13.8 Å². The molecule has 1 aromatic carbocycles. The maximum atomic E-state index is 13.5. The zero-order valence-electron chi connectivity index (χ0n) is 16.3. The minimum atomic E-state index is -4.68. The zero-order chi connectivity index (χ0) is 21.9. The molecule has 0 N–H and O–H groups in total. The van der Waals surface area contributed by atoms with E-state index in [1.165, 1.54) is 0 Å². The number of rotatable bonds is 7. The van der Waals surface area contributed by atoms with Crippen LogP contribution in [-0.4, -0.2) is 36.9 Å². The van der Waals surface area contributed by atoms with E-state index >= 15 is 0 Å². The molecule has 1 aliphatic rings. The van der Waals surface area contributed by atoms with Gasteiger partial charge >= 0.3 is 12.1 Å². The topological polar surface area (TPSA) is 92.7 Å². The number of hydrogen-bond donors (Lipinski definition) is 0. The van der Waals surface area contributed by atoms with Crippen LogP contribution in [0, 0.1) is 5.92 Å². The fourth-order valence-corrected chi connectivity index (χ4v) is 3.74. The molecule has 2 rings (SSSR count). The lowest BCUT2D eigenvalue weighted by Crippen LogP contribution is -2.43. The summed E-state index contributed by atoms with van der Waals surface area (Å²) in [6.07, 6.45) is -0.800. The first-order chi connectivity index (χ1) is 13.3. The molecule has 0 aromatic heterocycles. The van der Waals surface area contributed by atoms with Crippen LogP contribution < -0.4 is 4.74 Å². The Morgan fingerprint density at radius 1 is 1.21 bits per heavy atom. The Labute approximate surface area is 168 Å². The summed E-state index contributed by atoms with van der Waals surface area (Å²) in [6.45, 7) is 3.10. The Hall–Kier alpha value is -1.81. The molecule has 164 valence electrons. The highest BCUT2D eigenvalue weighted by Crippen LogP contribution is 2.43. The number of ether oxygens (including phenoxy) is 2. The maximum Gasteiger partial charge on any atom is 0.419 e. The van der Waals surface area contributed by atoms with Gasteiger partial charge in [-0.1, -0.05) is 20.3 Å². The zero-order valence-corrected chi connectivity index (χ0v) is 17.1. The van der Waals surface area contributed by atoms with E-state index in [0.29, 0.717) is 12.8 Å². The molecular formula is C19H24F3O6S-. The second-order valence-electron chi connectivity index (χ2n) is 7.49. The van der Waals surface area contributed by atoms with Gasteiger partial charge < -0.3 is 14.0 Å². The first-order valence-corrected chi connectivity index (χ1v) is 10.9. The van der Waals surface area contributed by atoms with E-state index in [0.717, 1.165) is 37.5 Å². The quantitative estimate of drug-likeness (QED) is 0.470. The number of esters is 1. The van der Waals surface area contributed by atoms with Crippen LogP contribution in [-0.2, 0) is 21.0 Å². The van der Waals surface area contributed by atoms with Gasteiger partial charge in [0.1, 0.15) is 18.0 Å². The molecule has 0 aliphatic heterocycles. The van der Waals surface area contributed by atoms with Crippen molar-refractivity contribution in [3.8, 4) is 5.75 Å². The van der Waals surface area contributed by atoms with Crippen molar-refractivity contribution in [1.29, 1.82) is 0 Å². The first kappa shape index (κ1) is 23.5. The van der Waals surface area contributed by atoms with Crippen molar-refractivity contribution in [2.24, 2.45) is 5.92 Å². The molecule has 0 heterocycles. The van der Waals surface area contributed by atoms with Gasteiger partial charge in [0.25, 0.3) is 0 Å². The summed E-state index contributed by atoms with van der Waals surface area (Å²) in [6, 6.07) is 2.65. The number of carbonyl (C=O) groups excluding carboxylic acids is 1. The third-order valence-electron chi connectivity index (χ3n) is 5.15. The fraction of sp³-hybridized carbons (Fsp3) is 0.632. The molecule has 10 heteroatoms. The van der Waals surface area contributed by atoms with Crippen molar-refractivity contribution in [3.05, 3.63) is 29.3 Å². The van der Waals surface area contributed by atoms with Crippen molar-refractivity contribution in [2.45, 2.75) is 57.7 Å². The Balaban J connectivity index is 2.33. The van der Waals surface area contributed by atoms with Crippen LogP contribution in [0.2, 0.25) is 0 Å². The van der Waals surface area contributed by atoms with E-state index in [-0.39, 0.29) is 11.5 Å². The summed E-state index contributed by atoms with van der Waals surface area (Å²) in [7, 11) is -4.57. The second kappa shape index (κ2) is 8.91. The van der Waals surface area contributed by atoms with Gasteiger partial charge in [0, 0.05) is 0 Å². The summed E-state index contributed by atoms with van der Waals surface area (Å²) in [5, 5.41) is 0. The molecule has 1 saturated carbocycles. The number of alkyl halides is 3. The van der Waals surface area contributed by atoms with Crippen molar-refractivity contribution in [3.63, 3.8) is 0 Å². The minimum Gasteiger partial charge on any atom is -0.748 e. The predicted octanol–water partition coefficient (Wildman–Crippen LogP) is 4.15. The average molecular weight is 437 g/mol. The lowest BCUT2D eigenvalue weighted by molar-refractivity contribution is -0.141. The fourth-order valence-electron chi connectivity index (χ4n) is 3.45. The van der Waals surface area contributed by atoms with Crippen LogP contribution >= 0.6 is 0 Å². The Bertz CT molecular complexity index is 827. The minimum absolute atomic E-state index is 0.0400. The average Bonchev–Trinajstić information content (AvgIpc) is 2.60. The molecule has 0 amide bonds. The summed E-state index contributed by atoms with van der Waals surface area (Å²) < 4.78 is 82.9. The third-order valence-corrected chi connectivity index (χ3v) is 5.82. The normalized spacial score (nSPS) is 17.2. The first-order valence-electron chi connectivity index (χ1n) is 9.35. The number of benzene rings is 1. The lowest BCUT2D eigenvalue weighted by atomic mass is 9.77. The van der Waals surface area contributed by atoms with Gasteiger partial charge in [-0.05, 0) is 49.8 Å². The maximum absolute atomic E-state index is 13.5. The van der Waals surface area contributed by atoms with Gasteiger partial charge in [-0.3, -0.25) is 0 Å². The largest absolute Gasteiger partial charge is 0.748 e. The van der Waals surface area contributed by atoms with Crippen LogP contribution in [0.5, 0.6) is 5.75 Å². The van der Waals surface area contributed by atoms with Gasteiger partial charge in [-0.2, -0.15) is 13.2 Å².